The first-order valence-electron chi connectivity index (χ1n) is 6.80. The van der Waals surface area contributed by atoms with Crippen LogP contribution in [0.25, 0.3) is 6.08 Å². The van der Waals surface area contributed by atoms with Crippen LogP contribution in [0.5, 0.6) is 5.75 Å². The van der Waals surface area contributed by atoms with Gasteiger partial charge in [-0.05, 0) is 30.7 Å². The third-order valence-electron chi connectivity index (χ3n) is 2.96. The van der Waals surface area contributed by atoms with Gasteiger partial charge in [0.25, 0.3) is 5.69 Å². The Balaban J connectivity index is 2.21. The van der Waals surface area contributed by atoms with Crippen molar-refractivity contribution in [1.29, 1.82) is 0 Å². The van der Waals surface area contributed by atoms with Crippen LogP contribution in [0, 0.1) is 10.1 Å². The standard InChI is InChI=1S/C17H15NO4/c1-2-22-17-9-4-3-8-15(17)16(19)11-10-13-6-5-7-14(12-13)18(20)21/h3-12H,2H2,1H3/b11-10+. The fourth-order valence-corrected chi connectivity index (χ4v) is 1.96. The number of rotatable bonds is 6. The van der Waals surface area contributed by atoms with Crippen molar-refractivity contribution in [2.24, 2.45) is 0 Å². The Bertz CT molecular complexity index is 722. The average Bonchev–Trinajstić information content (AvgIpc) is 2.53. The molecule has 0 N–H and O–H groups in total. The van der Waals surface area contributed by atoms with Gasteiger partial charge in [-0.3, -0.25) is 14.9 Å². The molecule has 0 fully saturated rings. The number of hydrogen-bond acceptors (Lipinski definition) is 4. The topological polar surface area (TPSA) is 69.4 Å². The van der Waals surface area contributed by atoms with E-state index in [2.05, 4.69) is 0 Å². The second kappa shape index (κ2) is 7.17. The Labute approximate surface area is 128 Å². The fraction of sp³-hybridized carbons (Fsp3) is 0.118. The van der Waals surface area contributed by atoms with E-state index in [9.17, 15) is 14.9 Å². The van der Waals surface area contributed by atoms with Crippen LogP contribution in [0.1, 0.15) is 22.8 Å². The van der Waals surface area contributed by atoms with Gasteiger partial charge in [0.1, 0.15) is 5.75 Å². The summed E-state index contributed by atoms with van der Waals surface area (Å²) in [5.74, 6) is 0.314. The van der Waals surface area contributed by atoms with Crippen LogP contribution < -0.4 is 4.74 Å². The minimum atomic E-state index is -0.469. The van der Waals surface area contributed by atoms with E-state index in [4.69, 9.17) is 4.74 Å². The molecule has 0 heterocycles. The lowest BCUT2D eigenvalue weighted by Crippen LogP contribution is -2.01. The van der Waals surface area contributed by atoms with E-state index in [0.29, 0.717) is 23.5 Å². The van der Waals surface area contributed by atoms with Crippen molar-refractivity contribution in [2.75, 3.05) is 6.61 Å². The molecule has 0 amide bonds. The largest absolute Gasteiger partial charge is 0.493 e. The summed E-state index contributed by atoms with van der Waals surface area (Å²) in [5, 5.41) is 10.7. The van der Waals surface area contributed by atoms with Crippen LogP contribution in [0.15, 0.2) is 54.6 Å². The molecule has 5 heteroatoms. The molecule has 0 saturated heterocycles. The second-order valence-electron chi connectivity index (χ2n) is 4.48. The predicted octanol–water partition coefficient (Wildman–Crippen LogP) is 3.89. The van der Waals surface area contributed by atoms with E-state index in [1.807, 2.05) is 6.92 Å². The lowest BCUT2D eigenvalue weighted by molar-refractivity contribution is -0.384. The van der Waals surface area contributed by atoms with E-state index < -0.39 is 4.92 Å². The van der Waals surface area contributed by atoms with Crippen molar-refractivity contribution < 1.29 is 14.5 Å². The number of allylic oxidation sites excluding steroid dienone is 1. The molecule has 0 aliphatic heterocycles. The van der Waals surface area contributed by atoms with Gasteiger partial charge in [0, 0.05) is 12.1 Å². The van der Waals surface area contributed by atoms with Gasteiger partial charge in [-0.15, -0.1) is 0 Å². The van der Waals surface area contributed by atoms with Crippen LogP contribution in [0.3, 0.4) is 0 Å². The van der Waals surface area contributed by atoms with E-state index in [1.165, 1.54) is 18.2 Å². The van der Waals surface area contributed by atoms with Crippen molar-refractivity contribution in [3.63, 3.8) is 0 Å². The average molecular weight is 297 g/mol. The first-order valence-corrected chi connectivity index (χ1v) is 6.80. The summed E-state index contributed by atoms with van der Waals surface area (Å²) in [7, 11) is 0. The Morgan fingerprint density at radius 3 is 2.73 bits per heavy atom. The number of hydrogen-bond donors (Lipinski definition) is 0. The monoisotopic (exact) mass is 297 g/mol. The van der Waals surface area contributed by atoms with Gasteiger partial charge >= 0.3 is 0 Å². The number of benzene rings is 2. The Hall–Kier alpha value is -2.95. The summed E-state index contributed by atoms with van der Waals surface area (Å²) >= 11 is 0. The zero-order chi connectivity index (χ0) is 15.9. The number of nitro groups is 1. The minimum absolute atomic E-state index is 0.00989. The Kier molecular flexibility index (Phi) is 5.03. The summed E-state index contributed by atoms with van der Waals surface area (Å²) < 4.78 is 5.42. The smallest absolute Gasteiger partial charge is 0.270 e. The molecule has 22 heavy (non-hydrogen) atoms. The number of ether oxygens (including phenoxy) is 1. The van der Waals surface area contributed by atoms with Gasteiger partial charge in [-0.25, -0.2) is 0 Å². The highest BCUT2D eigenvalue weighted by Crippen LogP contribution is 2.20. The lowest BCUT2D eigenvalue weighted by atomic mass is 10.1. The number of nitrogens with zero attached hydrogens (tertiary/aromatic N) is 1. The van der Waals surface area contributed by atoms with Gasteiger partial charge in [0.05, 0.1) is 17.1 Å². The summed E-state index contributed by atoms with van der Waals surface area (Å²) in [5.41, 5.74) is 1.05. The lowest BCUT2D eigenvalue weighted by Gasteiger charge is -2.06. The van der Waals surface area contributed by atoms with Gasteiger partial charge in [-0.2, -0.15) is 0 Å². The molecule has 5 nitrogen and oxygen atoms in total. The molecule has 0 aromatic heterocycles. The third-order valence-corrected chi connectivity index (χ3v) is 2.96. The van der Waals surface area contributed by atoms with Crippen molar-refractivity contribution in [1.82, 2.24) is 0 Å². The molecule has 0 aliphatic carbocycles. The molecule has 2 rings (SSSR count). The predicted molar refractivity (Wildman–Crippen MR) is 84.1 cm³/mol. The van der Waals surface area contributed by atoms with Crippen molar-refractivity contribution >= 4 is 17.5 Å². The van der Waals surface area contributed by atoms with Crippen molar-refractivity contribution in [3.05, 3.63) is 75.8 Å². The SMILES string of the molecule is CCOc1ccccc1C(=O)/C=C/c1cccc([N+](=O)[O-])c1. The first-order chi connectivity index (χ1) is 10.6. The van der Waals surface area contributed by atoms with Crippen molar-refractivity contribution in [3.8, 4) is 5.75 Å². The number of ketones is 1. The molecule has 0 unspecified atom stereocenters. The molecule has 0 spiro atoms. The quantitative estimate of drug-likeness (QED) is 0.351. The Morgan fingerprint density at radius 1 is 1.23 bits per heavy atom. The summed E-state index contributed by atoms with van der Waals surface area (Å²) in [4.78, 5) is 22.5. The number of carbonyl (C=O) groups excluding carboxylic acids is 1. The molecule has 2 aromatic rings. The van der Waals surface area contributed by atoms with Crippen LogP contribution in [-0.4, -0.2) is 17.3 Å². The van der Waals surface area contributed by atoms with Crippen molar-refractivity contribution in [2.45, 2.75) is 6.92 Å². The number of non-ortho nitro benzene ring substituents is 1. The van der Waals surface area contributed by atoms with E-state index >= 15 is 0 Å². The maximum Gasteiger partial charge on any atom is 0.270 e. The molecule has 0 bridgehead atoms. The molecule has 0 atom stereocenters. The number of para-hydroxylation sites is 1. The molecule has 2 aromatic carbocycles. The fourth-order valence-electron chi connectivity index (χ4n) is 1.96. The Morgan fingerprint density at radius 2 is 2.00 bits per heavy atom. The molecular weight excluding hydrogens is 282 g/mol. The highest BCUT2D eigenvalue weighted by atomic mass is 16.6. The van der Waals surface area contributed by atoms with E-state index in [1.54, 1.807) is 42.5 Å². The van der Waals surface area contributed by atoms with Gasteiger partial charge in [0.15, 0.2) is 5.78 Å². The van der Waals surface area contributed by atoms with Gasteiger partial charge < -0.3 is 4.74 Å². The highest BCUT2D eigenvalue weighted by Gasteiger charge is 2.09. The molecule has 0 saturated carbocycles. The van der Waals surface area contributed by atoms with Crippen LogP contribution in [0.2, 0.25) is 0 Å². The summed E-state index contributed by atoms with van der Waals surface area (Å²) in [6, 6.07) is 13.1. The number of carbonyl (C=O) groups is 1. The zero-order valence-corrected chi connectivity index (χ0v) is 12.1. The summed E-state index contributed by atoms with van der Waals surface area (Å²) in [6.45, 7) is 2.32. The number of nitro benzene ring substituents is 1. The third kappa shape index (κ3) is 3.79. The summed E-state index contributed by atoms with van der Waals surface area (Å²) in [6.07, 6.45) is 2.94. The van der Waals surface area contributed by atoms with E-state index in [-0.39, 0.29) is 11.5 Å². The van der Waals surface area contributed by atoms with Gasteiger partial charge in [0.2, 0.25) is 0 Å². The minimum Gasteiger partial charge on any atom is -0.493 e. The van der Waals surface area contributed by atoms with E-state index in [0.717, 1.165) is 0 Å². The normalized spacial score (nSPS) is 10.6. The molecular formula is C17H15NO4. The highest BCUT2D eigenvalue weighted by molar-refractivity contribution is 6.08. The van der Waals surface area contributed by atoms with Gasteiger partial charge in [-0.1, -0.05) is 30.3 Å². The maximum atomic E-state index is 12.2. The molecule has 0 radical (unpaired) electrons. The van der Waals surface area contributed by atoms with Crippen LogP contribution in [0.4, 0.5) is 5.69 Å². The molecule has 112 valence electrons. The first kappa shape index (κ1) is 15.4. The van der Waals surface area contributed by atoms with Crippen LogP contribution in [-0.2, 0) is 0 Å². The zero-order valence-electron chi connectivity index (χ0n) is 12.1. The molecule has 0 aliphatic rings. The van der Waals surface area contributed by atoms with Crippen LogP contribution >= 0.6 is 0 Å². The second-order valence-corrected chi connectivity index (χ2v) is 4.48. The maximum absolute atomic E-state index is 12.2.